The van der Waals surface area contributed by atoms with Crippen molar-refractivity contribution < 1.29 is 14.3 Å². The Labute approximate surface area is 150 Å². The van der Waals surface area contributed by atoms with Crippen LogP contribution in [0.1, 0.15) is 26.4 Å². The van der Waals surface area contributed by atoms with E-state index in [0.29, 0.717) is 11.3 Å². The number of ether oxygens (including phenoxy) is 1. The van der Waals surface area contributed by atoms with Gasteiger partial charge in [0, 0.05) is 12.1 Å². The number of carbonyl (C=O) groups excluding carboxylic acids is 2. The monoisotopic (exact) mass is 350 g/mol. The smallest absolute Gasteiger partial charge is 0.275 e. The minimum atomic E-state index is -0.513. The molecule has 1 aromatic heterocycles. The molecule has 0 aliphatic carbocycles. The second-order valence-electron chi connectivity index (χ2n) is 5.57. The number of aromatic nitrogens is 2. The summed E-state index contributed by atoms with van der Waals surface area (Å²) in [5.74, 6) is -0.514. The average molecular weight is 350 g/mol. The molecule has 3 rings (SSSR count). The number of benzene rings is 2. The highest BCUT2D eigenvalue weighted by Gasteiger charge is 2.18. The number of primary amides is 1. The van der Waals surface area contributed by atoms with Crippen molar-refractivity contribution in [3.8, 4) is 11.4 Å². The average Bonchev–Trinajstić information content (AvgIpc) is 3.11. The zero-order valence-electron chi connectivity index (χ0n) is 14.2. The SMILES string of the molecule is COc1cn(-c2ccccc2)nc1C(=O)NCc1cccc(C(N)=O)c1. The van der Waals surface area contributed by atoms with Crippen LogP contribution >= 0.6 is 0 Å². The van der Waals surface area contributed by atoms with Crippen molar-refractivity contribution in [1.82, 2.24) is 15.1 Å². The van der Waals surface area contributed by atoms with Gasteiger partial charge < -0.3 is 15.8 Å². The molecule has 0 atom stereocenters. The summed E-state index contributed by atoms with van der Waals surface area (Å²) in [5, 5.41) is 7.09. The van der Waals surface area contributed by atoms with Gasteiger partial charge in [0.2, 0.25) is 5.91 Å². The number of hydrogen-bond donors (Lipinski definition) is 2. The Kier molecular flexibility index (Phi) is 4.98. The van der Waals surface area contributed by atoms with Crippen LogP contribution in [0.25, 0.3) is 5.69 Å². The number of nitrogens with two attached hydrogens (primary N) is 1. The summed E-state index contributed by atoms with van der Waals surface area (Å²) in [5.41, 5.74) is 7.42. The molecule has 3 N–H and O–H groups in total. The molecular weight excluding hydrogens is 332 g/mol. The number of rotatable bonds is 6. The fourth-order valence-electron chi connectivity index (χ4n) is 2.48. The third-order valence-electron chi connectivity index (χ3n) is 3.80. The van der Waals surface area contributed by atoms with E-state index in [0.717, 1.165) is 11.3 Å². The molecular formula is C19H18N4O3. The van der Waals surface area contributed by atoms with E-state index in [-0.39, 0.29) is 18.1 Å². The predicted molar refractivity (Wildman–Crippen MR) is 96.2 cm³/mol. The predicted octanol–water partition coefficient (Wildman–Crippen LogP) is 1.91. The van der Waals surface area contributed by atoms with E-state index < -0.39 is 5.91 Å². The quantitative estimate of drug-likeness (QED) is 0.709. The second-order valence-corrected chi connectivity index (χ2v) is 5.57. The summed E-state index contributed by atoms with van der Waals surface area (Å²) in [6, 6.07) is 16.2. The molecule has 0 saturated heterocycles. The van der Waals surface area contributed by atoms with Crippen LogP contribution < -0.4 is 15.8 Å². The topological polar surface area (TPSA) is 99.2 Å². The summed E-state index contributed by atoms with van der Waals surface area (Å²) in [6.45, 7) is 0.237. The molecule has 0 radical (unpaired) electrons. The third-order valence-corrected chi connectivity index (χ3v) is 3.80. The van der Waals surface area contributed by atoms with Crippen LogP contribution in [0.4, 0.5) is 0 Å². The number of nitrogens with one attached hydrogen (secondary N) is 1. The maximum atomic E-state index is 12.5. The number of carbonyl (C=O) groups is 2. The van der Waals surface area contributed by atoms with Crippen molar-refractivity contribution in [3.05, 3.63) is 77.6 Å². The van der Waals surface area contributed by atoms with Crippen LogP contribution in [0, 0.1) is 0 Å². The Morgan fingerprint density at radius 2 is 1.92 bits per heavy atom. The van der Waals surface area contributed by atoms with E-state index >= 15 is 0 Å². The van der Waals surface area contributed by atoms with E-state index in [1.165, 1.54) is 7.11 Å². The maximum absolute atomic E-state index is 12.5. The number of amides is 2. The summed E-state index contributed by atoms with van der Waals surface area (Å²) in [7, 11) is 1.49. The largest absolute Gasteiger partial charge is 0.493 e. The summed E-state index contributed by atoms with van der Waals surface area (Å²) >= 11 is 0. The molecule has 132 valence electrons. The Bertz CT molecular complexity index is 935. The summed E-state index contributed by atoms with van der Waals surface area (Å²) in [4.78, 5) is 23.7. The highest BCUT2D eigenvalue weighted by Crippen LogP contribution is 2.19. The van der Waals surface area contributed by atoms with E-state index in [4.69, 9.17) is 10.5 Å². The van der Waals surface area contributed by atoms with Gasteiger partial charge in [-0.15, -0.1) is 0 Å². The summed E-state index contributed by atoms with van der Waals surface area (Å²) < 4.78 is 6.85. The van der Waals surface area contributed by atoms with E-state index in [9.17, 15) is 9.59 Å². The molecule has 0 aliphatic rings. The van der Waals surface area contributed by atoms with E-state index in [1.54, 1.807) is 35.1 Å². The lowest BCUT2D eigenvalue weighted by Gasteiger charge is -2.06. The first kappa shape index (κ1) is 17.2. The van der Waals surface area contributed by atoms with Gasteiger partial charge in [0.1, 0.15) is 0 Å². The Balaban J connectivity index is 1.76. The second kappa shape index (κ2) is 7.52. The van der Waals surface area contributed by atoms with Gasteiger partial charge in [0.15, 0.2) is 11.4 Å². The molecule has 0 fully saturated rings. The highest BCUT2D eigenvalue weighted by molar-refractivity contribution is 5.95. The zero-order valence-corrected chi connectivity index (χ0v) is 14.2. The van der Waals surface area contributed by atoms with E-state index in [2.05, 4.69) is 10.4 Å². The van der Waals surface area contributed by atoms with Crippen molar-refractivity contribution in [3.63, 3.8) is 0 Å². The molecule has 2 amide bonds. The zero-order chi connectivity index (χ0) is 18.5. The molecule has 0 bridgehead atoms. The molecule has 0 saturated carbocycles. The van der Waals surface area contributed by atoms with Gasteiger partial charge in [-0.2, -0.15) is 5.10 Å². The minimum absolute atomic E-state index is 0.183. The Hall–Kier alpha value is -3.61. The van der Waals surface area contributed by atoms with Crippen LogP contribution in [0.15, 0.2) is 60.8 Å². The molecule has 1 heterocycles. The molecule has 26 heavy (non-hydrogen) atoms. The third kappa shape index (κ3) is 3.72. The van der Waals surface area contributed by atoms with Gasteiger partial charge in [-0.1, -0.05) is 30.3 Å². The molecule has 7 heteroatoms. The van der Waals surface area contributed by atoms with Gasteiger partial charge >= 0.3 is 0 Å². The minimum Gasteiger partial charge on any atom is -0.493 e. The Morgan fingerprint density at radius 3 is 2.62 bits per heavy atom. The Morgan fingerprint density at radius 1 is 1.15 bits per heavy atom. The van der Waals surface area contributed by atoms with Gasteiger partial charge in [-0.05, 0) is 29.8 Å². The number of para-hydroxylation sites is 1. The van der Waals surface area contributed by atoms with Crippen molar-refractivity contribution in [1.29, 1.82) is 0 Å². The van der Waals surface area contributed by atoms with Gasteiger partial charge in [0.05, 0.1) is 19.0 Å². The molecule has 7 nitrogen and oxygen atoms in total. The first-order valence-electron chi connectivity index (χ1n) is 7.94. The molecule has 0 spiro atoms. The van der Waals surface area contributed by atoms with E-state index in [1.807, 2.05) is 30.3 Å². The number of nitrogens with zero attached hydrogens (tertiary/aromatic N) is 2. The van der Waals surface area contributed by atoms with Gasteiger partial charge in [-0.25, -0.2) is 4.68 Å². The molecule has 0 unspecified atom stereocenters. The first-order chi connectivity index (χ1) is 12.6. The maximum Gasteiger partial charge on any atom is 0.275 e. The van der Waals surface area contributed by atoms with Gasteiger partial charge in [-0.3, -0.25) is 9.59 Å². The van der Waals surface area contributed by atoms with Crippen LogP contribution in [0.2, 0.25) is 0 Å². The lowest BCUT2D eigenvalue weighted by Crippen LogP contribution is -2.24. The molecule has 3 aromatic rings. The highest BCUT2D eigenvalue weighted by atomic mass is 16.5. The standard InChI is InChI=1S/C19H18N4O3/c1-26-16-12-23(15-8-3-2-4-9-15)22-17(16)19(25)21-11-13-6-5-7-14(10-13)18(20)24/h2-10,12H,11H2,1H3,(H2,20,24)(H,21,25). The van der Waals surface area contributed by atoms with Crippen LogP contribution in [0.3, 0.4) is 0 Å². The lowest BCUT2D eigenvalue weighted by molar-refractivity contribution is 0.0942. The number of hydrogen-bond acceptors (Lipinski definition) is 4. The fraction of sp³-hybridized carbons (Fsp3) is 0.105. The van der Waals surface area contributed by atoms with Crippen molar-refractivity contribution in [2.45, 2.75) is 6.54 Å². The molecule has 0 aliphatic heterocycles. The van der Waals surface area contributed by atoms with Crippen molar-refractivity contribution >= 4 is 11.8 Å². The first-order valence-corrected chi connectivity index (χ1v) is 7.94. The van der Waals surface area contributed by atoms with Gasteiger partial charge in [0.25, 0.3) is 5.91 Å². The lowest BCUT2D eigenvalue weighted by atomic mass is 10.1. The fourth-order valence-corrected chi connectivity index (χ4v) is 2.48. The number of methoxy groups -OCH3 is 1. The molecule has 2 aromatic carbocycles. The van der Waals surface area contributed by atoms with Crippen molar-refractivity contribution in [2.24, 2.45) is 5.73 Å². The van der Waals surface area contributed by atoms with Crippen LogP contribution in [0.5, 0.6) is 5.75 Å². The van der Waals surface area contributed by atoms with Crippen LogP contribution in [-0.4, -0.2) is 28.7 Å². The normalized spacial score (nSPS) is 10.3. The van der Waals surface area contributed by atoms with Crippen LogP contribution in [-0.2, 0) is 6.54 Å². The van der Waals surface area contributed by atoms with Crippen molar-refractivity contribution in [2.75, 3.05) is 7.11 Å². The summed E-state index contributed by atoms with van der Waals surface area (Å²) in [6.07, 6.45) is 1.65.